The molecule has 0 amide bonds. The number of fused-ring (bicyclic) bond motifs is 7. The van der Waals surface area contributed by atoms with Gasteiger partial charge in [0.1, 0.15) is 17.3 Å². The summed E-state index contributed by atoms with van der Waals surface area (Å²) in [7, 11) is 0.491. The zero-order chi connectivity index (χ0) is 29.3. The topological polar surface area (TPSA) is 57.1 Å². The van der Waals surface area contributed by atoms with Crippen molar-refractivity contribution in [2.45, 2.75) is 6.04 Å². The Morgan fingerprint density at radius 2 is 1.30 bits per heavy atom. The van der Waals surface area contributed by atoms with Crippen LogP contribution in [-0.2, 0) is 9.53 Å². The molecular formula is C36H25BFNO4. The summed E-state index contributed by atoms with van der Waals surface area (Å²) in [5, 5.41) is 4.34. The van der Waals surface area contributed by atoms with Crippen molar-refractivity contribution in [3.8, 4) is 22.6 Å². The maximum atomic E-state index is 13.6. The molecule has 6 aromatic rings. The Labute approximate surface area is 248 Å². The molecule has 7 heteroatoms. The number of benzene rings is 6. The van der Waals surface area contributed by atoms with E-state index in [1.165, 1.54) is 31.4 Å². The molecule has 0 bridgehead atoms. The number of methoxy groups -OCH3 is 1. The van der Waals surface area contributed by atoms with Crippen molar-refractivity contribution in [2.75, 3.05) is 7.11 Å². The first-order chi connectivity index (χ1) is 21.1. The largest absolute Gasteiger partial charge is 0.633 e. The highest BCUT2D eigenvalue weighted by Crippen LogP contribution is 2.47. The van der Waals surface area contributed by atoms with Crippen LogP contribution in [0.15, 0.2) is 126 Å². The Hall–Kier alpha value is -5.43. The first-order valence-corrected chi connectivity index (χ1v) is 13.9. The lowest BCUT2D eigenvalue weighted by atomic mass is 9.75. The normalized spacial score (nSPS) is 13.1. The molecule has 1 aliphatic heterocycles. The van der Waals surface area contributed by atoms with Gasteiger partial charge in [0, 0.05) is 22.8 Å². The van der Waals surface area contributed by atoms with Gasteiger partial charge in [0.15, 0.2) is 6.04 Å². The van der Waals surface area contributed by atoms with Crippen LogP contribution in [0.2, 0.25) is 0 Å². The third kappa shape index (κ3) is 4.89. The summed E-state index contributed by atoms with van der Waals surface area (Å²) >= 11 is 0. The van der Waals surface area contributed by atoms with E-state index in [2.05, 4.69) is 41.4 Å². The highest BCUT2D eigenvalue weighted by molar-refractivity contribution is 6.64. The molecule has 0 saturated heterocycles. The fourth-order valence-corrected chi connectivity index (χ4v) is 5.63. The molecule has 7 rings (SSSR count). The van der Waals surface area contributed by atoms with Gasteiger partial charge in [-0.25, -0.2) is 9.18 Å². The van der Waals surface area contributed by atoms with Gasteiger partial charge in [0.05, 0.1) is 7.11 Å². The Morgan fingerprint density at radius 3 is 1.91 bits per heavy atom. The van der Waals surface area contributed by atoms with Crippen molar-refractivity contribution in [1.29, 1.82) is 0 Å². The van der Waals surface area contributed by atoms with E-state index >= 15 is 0 Å². The summed E-state index contributed by atoms with van der Waals surface area (Å²) in [6.07, 6.45) is 1.61. The van der Waals surface area contributed by atoms with Gasteiger partial charge in [-0.2, -0.15) is 0 Å². The molecule has 0 aliphatic carbocycles. The fraction of sp³-hybridized carbons (Fsp3) is 0.0556. The minimum absolute atomic E-state index is 0.398. The van der Waals surface area contributed by atoms with Crippen LogP contribution in [0.25, 0.3) is 32.7 Å². The van der Waals surface area contributed by atoms with Crippen molar-refractivity contribution in [2.24, 2.45) is 4.99 Å². The number of carbonyl (C=O) groups excluding carboxylic acids is 1. The number of nitrogens with zero attached hydrogens (tertiary/aromatic N) is 1. The minimum Gasteiger partial charge on any atom is -0.521 e. The molecule has 0 radical (unpaired) electrons. The van der Waals surface area contributed by atoms with Crippen molar-refractivity contribution in [3.63, 3.8) is 0 Å². The van der Waals surface area contributed by atoms with Gasteiger partial charge in [-0.15, -0.1) is 0 Å². The second kappa shape index (κ2) is 11.1. The second-order valence-corrected chi connectivity index (χ2v) is 10.3. The lowest BCUT2D eigenvalue weighted by Gasteiger charge is -2.17. The summed E-state index contributed by atoms with van der Waals surface area (Å²) in [6.45, 7) is 0. The Morgan fingerprint density at radius 1 is 0.744 bits per heavy atom. The number of hydrogen-bond acceptors (Lipinski definition) is 5. The highest BCUT2D eigenvalue weighted by Gasteiger charge is 2.35. The maximum absolute atomic E-state index is 13.6. The summed E-state index contributed by atoms with van der Waals surface area (Å²) in [5.41, 5.74) is 3.90. The van der Waals surface area contributed by atoms with Gasteiger partial charge in [0.2, 0.25) is 0 Å². The van der Waals surface area contributed by atoms with E-state index in [1.54, 1.807) is 6.21 Å². The van der Waals surface area contributed by atoms with Crippen LogP contribution >= 0.6 is 0 Å². The van der Waals surface area contributed by atoms with E-state index in [1.807, 2.05) is 60.7 Å². The predicted molar refractivity (Wildman–Crippen MR) is 169 cm³/mol. The molecule has 0 spiro atoms. The first-order valence-electron chi connectivity index (χ1n) is 13.9. The molecular weight excluding hydrogens is 540 g/mol. The predicted octanol–water partition coefficient (Wildman–Crippen LogP) is 7.30. The zero-order valence-corrected chi connectivity index (χ0v) is 23.2. The molecule has 0 saturated carbocycles. The molecule has 6 aromatic carbocycles. The molecule has 1 aliphatic rings. The summed E-state index contributed by atoms with van der Waals surface area (Å²) in [4.78, 5) is 17.2. The maximum Gasteiger partial charge on any atom is 0.633 e. The van der Waals surface area contributed by atoms with E-state index in [4.69, 9.17) is 14.0 Å². The third-order valence-corrected chi connectivity index (χ3v) is 7.72. The monoisotopic (exact) mass is 565 g/mol. The van der Waals surface area contributed by atoms with Gasteiger partial charge < -0.3 is 14.0 Å². The van der Waals surface area contributed by atoms with Crippen molar-refractivity contribution in [3.05, 3.63) is 138 Å². The summed E-state index contributed by atoms with van der Waals surface area (Å²) < 4.78 is 31.9. The van der Waals surface area contributed by atoms with Gasteiger partial charge in [-0.3, -0.25) is 4.99 Å². The van der Waals surface area contributed by atoms with E-state index in [0.717, 1.165) is 38.1 Å². The van der Waals surface area contributed by atoms with Crippen LogP contribution in [0.4, 0.5) is 4.39 Å². The number of carbonyl (C=O) groups is 1. The van der Waals surface area contributed by atoms with Crippen LogP contribution in [0.5, 0.6) is 11.5 Å². The number of esters is 1. The van der Waals surface area contributed by atoms with Gasteiger partial charge in [-0.1, -0.05) is 97.1 Å². The molecule has 0 N–H and O–H groups in total. The smallest absolute Gasteiger partial charge is 0.521 e. The molecule has 5 nitrogen and oxygen atoms in total. The Bertz CT molecular complexity index is 1940. The van der Waals surface area contributed by atoms with Gasteiger partial charge >= 0.3 is 13.1 Å². The van der Waals surface area contributed by atoms with Crippen LogP contribution in [0, 0.1) is 5.82 Å². The Balaban J connectivity index is 1.36. The molecule has 208 valence electrons. The molecule has 1 atom stereocenters. The average Bonchev–Trinajstić information content (AvgIpc) is 3.23. The number of hydrogen-bond donors (Lipinski definition) is 0. The lowest BCUT2D eigenvalue weighted by Crippen LogP contribution is -2.44. The average molecular weight is 565 g/mol. The highest BCUT2D eigenvalue weighted by atomic mass is 19.1. The molecule has 43 heavy (non-hydrogen) atoms. The number of halogens is 1. The van der Waals surface area contributed by atoms with Crippen molar-refractivity contribution < 1.29 is 23.2 Å². The molecule has 0 unspecified atom stereocenters. The number of rotatable bonds is 5. The Kier molecular flexibility index (Phi) is 6.83. The van der Waals surface area contributed by atoms with Crippen LogP contribution < -0.4 is 14.8 Å². The molecule has 0 aromatic heterocycles. The zero-order valence-electron chi connectivity index (χ0n) is 23.2. The minimum atomic E-state index is -0.964. The SMILES string of the molecule is COC(=O)[C@@H](N=Cc1ccccc1B1Oc2ccc3ccccc3c2-c2c(ccc3ccccc23)O1)c1ccc(F)cc1. The van der Waals surface area contributed by atoms with Crippen LogP contribution in [0.3, 0.4) is 0 Å². The fourth-order valence-electron chi connectivity index (χ4n) is 5.63. The second-order valence-electron chi connectivity index (χ2n) is 10.3. The number of aliphatic imine (C=N–C) groups is 1. The molecule has 0 fully saturated rings. The van der Waals surface area contributed by atoms with Gasteiger partial charge in [-0.05, 0) is 56.9 Å². The van der Waals surface area contributed by atoms with E-state index in [9.17, 15) is 9.18 Å². The lowest BCUT2D eigenvalue weighted by molar-refractivity contribution is -0.142. The van der Waals surface area contributed by atoms with Gasteiger partial charge in [0.25, 0.3) is 0 Å². The molecule has 1 heterocycles. The van der Waals surface area contributed by atoms with Crippen LogP contribution in [-0.4, -0.2) is 26.4 Å². The van der Waals surface area contributed by atoms with Crippen molar-refractivity contribution in [1.82, 2.24) is 0 Å². The third-order valence-electron chi connectivity index (χ3n) is 7.72. The standard InChI is InChI=1S/C36H25BFNO4/c1-41-36(40)35(25-14-18-27(38)19-15-25)39-22-26-10-4-7-13-30(26)37-42-31-20-16-23-8-2-5-11-28(23)33(31)34-29-12-6-3-9-24(29)17-21-32(34)43-37/h2-22,35H,1H3/t35-/m0/s1. The van der Waals surface area contributed by atoms with Crippen LogP contribution in [0.1, 0.15) is 17.2 Å². The first kappa shape index (κ1) is 26.5. The summed E-state index contributed by atoms with van der Waals surface area (Å²) in [6, 6.07) is 36.9. The van der Waals surface area contributed by atoms with E-state index in [0.29, 0.717) is 22.6 Å². The van der Waals surface area contributed by atoms with E-state index in [-0.39, 0.29) is 0 Å². The van der Waals surface area contributed by atoms with Crippen molar-refractivity contribution >= 4 is 46.3 Å². The quantitative estimate of drug-likeness (QED) is 0.125. The van der Waals surface area contributed by atoms with E-state index < -0.39 is 24.9 Å². The number of ether oxygens (including phenoxy) is 1. The summed E-state index contributed by atoms with van der Waals surface area (Å²) in [5.74, 6) is 0.447.